The van der Waals surface area contributed by atoms with E-state index in [2.05, 4.69) is 5.32 Å². The van der Waals surface area contributed by atoms with E-state index in [1.54, 1.807) is 0 Å². The molecule has 2 atom stereocenters. The topological polar surface area (TPSA) is 64.4 Å². The first kappa shape index (κ1) is 15.3. The van der Waals surface area contributed by atoms with Crippen LogP contribution in [0.2, 0.25) is 0 Å². The Morgan fingerprint density at radius 3 is 2.77 bits per heavy atom. The SMILES string of the molecule is NC[C@H]1CCC[C@H]1C(=O)Nc1cccc(OC2CCCC2)c1. The first-order valence-corrected chi connectivity index (χ1v) is 8.54. The lowest BCUT2D eigenvalue weighted by molar-refractivity contribution is -0.120. The zero-order valence-electron chi connectivity index (χ0n) is 13.1. The van der Waals surface area contributed by atoms with Crippen LogP contribution in [0.25, 0.3) is 0 Å². The fraction of sp³-hybridized carbons (Fsp3) is 0.611. The van der Waals surface area contributed by atoms with Crippen molar-refractivity contribution < 1.29 is 9.53 Å². The second kappa shape index (κ2) is 7.14. The van der Waals surface area contributed by atoms with E-state index in [9.17, 15) is 4.79 Å². The Balaban J connectivity index is 1.61. The van der Waals surface area contributed by atoms with E-state index in [1.807, 2.05) is 24.3 Å². The quantitative estimate of drug-likeness (QED) is 0.877. The monoisotopic (exact) mass is 302 g/mol. The highest BCUT2D eigenvalue weighted by Gasteiger charge is 2.31. The Morgan fingerprint density at radius 1 is 1.18 bits per heavy atom. The van der Waals surface area contributed by atoms with Crippen LogP contribution in [-0.4, -0.2) is 18.6 Å². The van der Waals surface area contributed by atoms with Gasteiger partial charge in [0.2, 0.25) is 5.91 Å². The van der Waals surface area contributed by atoms with Crippen LogP contribution < -0.4 is 15.8 Å². The lowest BCUT2D eigenvalue weighted by Crippen LogP contribution is -2.29. The van der Waals surface area contributed by atoms with Crippen LogP contribution in [0.5, 0.6) is 5.75 Å². The van der Waals surface area contributed by atoms with E-state index < -0.39 is 0 Å². The lowest BCUT2D eigenvalue weighted by Gasteiger charge is -2.18. The zero-order chi connectivity index (χ0) is 15.4. The fourth-order valence-corrected chi connectivity index (χ4v) is 3.74. The maximum atomic E-state index is 12.4. The largest absolute Gasteiger partial charge is 0.490 e. The molecule has 2 aliphatic rings. The molecule has 2 fully saturated rings. The summed E-state index contributed by atoms with van der Waals surface area (Å²) in [5.74, 6) is 1.35. The van der Waals surface area contributed by atoms with Crippen LogP contribution in [0.1, 0.15) is 44.9 Å². The van der Waals surface area contributed by atoms with Gasteiger partial charge in [0.05, 0.1) is 6.10 Å². The molecule has 0 heterocycles. The molecule has 1 aromatic carbocycles. The molecule has 0 spiro atoms. The molecule has 3 N–H and O–H groups in total. The summed E-state index contributed by atoms with van der Waals surface area (Å²) >= 11 is 0. The van der Waals surface area contributed by atoms with Crippen LogP contribution >= 0.6 is 0 Å². The van der Waals surface area contributed by atoms with Gasteiger partial charge in [0.25, 0.3) is 0 Å². The third-order valence-electron chi connectivity index (χ3n) is 5.01. The lowest BCUT2D eigenvalue weighted by atomic mass is 9.95. The minimum Gasteiger partial charge on any atom is -0.490 e. The molecule has 0 saturated heterocycles. The minimum atomic E-state index is 0.0596. The predicted octanol–water partition coefficient (Wildman–Crippen LogP) is 3.32. The number of rotatable bonds is 5. The number of anilines is 1. The van der Waals surface area contributed by atoms with E-state index in [0.29, 0.717) is 18.6 Å². The highest BCUT2D eigenvalue weighted by molar-refractivity contribution is 5.93. The molecule has 0 unspecified atom stereocenters. The first-order valence-electron chi connectivity index (χ1n) is 8.54. The molecule has 22 heavy (non-hydrogen) atoms. The molecule has 3 rings (SSSR count). The van der Waals surface area contributed by atoms with Crippen LogP contribution in [0, 0.1) is 11.8 Å². The number of ether oxygens (including phenoxy) is 1. The van der Waals surface area contributed by atoms with Crippen molar-refractivity contribution in [1.29, 1.82) is 0 Å². The summed E-state index contributed by atoms with van der Waals surface area (Å²) < 4.78 is 5.99. The van der Waals surface area contributed by atoms with Crippen LogP contribution in [0.15, 0.2) is 24.3 Å². The number of nitrogens with one attached hydrogen (secondary N) is 1. The number of hydrogen-bond donors (Lipinski definition) is 2. The summed E-state index contributed by atoms with van der Waals surface area (Å²) in [6.07, 6.45) is 8.23. The Bertz CT molecular complexity index is 512. The van der Waals surface area contributed by atoms with Crippen molar-refractivity contribution >= 4 is 11.6 Å². The molecular weight excluding hydrogens is 276 g/mol. The van der Waals surface area contributed by atoms with E-state index in [-0.39, 0.29) is 11.8 Å². The molecule has 0 aromatic heterocycles. The van der Waals surface area contributed by atoms with Gasteiger partial charge in [-0.3, -0.25) is 4.79 Å². The average Bonchev–Trinajstić information content (AvgIpc) is 3.18. The van der Waals surface area contributed by atoms with Crippen molar-refractivity contribution in [3.63, 3.8) is 0 Å². The molecule has 0 bridgehead atoms. The maximum absolute atomic E-state index is 12.4. The number of carbonyl (C=O) groups excluding carboxylic acids is 1. The van der Waals surface area contributed by atoms with E-state index >= 15 is 0 Å². The Morgan fingerprint density at radius 2 is 2.00 bits per heavy atom. The number of nitrogens with two attached hydrogens (primary N) is 1. The van der Waals surface area contributed by atoms with Crippen molar-refractivity contribution in [1.82, 2.24) is 0 Å². The Labute approximate surface area is 132 Å². The van der Waals surface area contributed by atoms with Crippen LogP contribution in [0.4, 0.5) is 5.69 Å². The molecular formula is C18H26N2O2. The van der Waals surface area contributed by atoms with Gasteiger partial charge in [-0.25, -0.2) is 0 Å². The van der Waals surface area contributed by atoms with Crippen molar-refractivity contribution in [3.8, 4) is 5.75 Å². The van der Waals surface area contributed by atoms with Gasteiger partial charge in [-0.2, -0.15) is 0 Å². The maximum Gasteiger partial charge on any atom is 0.227 e. The summed E-state index contributed by atoms with van der Waals surface area (Å²) in [6.45, 7) is 0.600. The van der Waals surface area contributed by atoms with Crippen molar-refractivity contribution in [3.05, 3.63) is 24.3 Å². The van der Waals surface area contributed by atoms with Gasteiger partial charge in [0.15, 0.2) is 0 Å². The normalized spacial score (nSPS) is 25.3. The number of carbonyl (C=O) groups is 1. The number of amides is 1. The van der Waals surface area contributed by atoms with Gasteiger partial charge in [-0.15, -0.1) is 0 Å². The van der Waals surface area contributed by atoms with Gasteiger partial charge < -0.3 is 15.8 Å². The molecule has 0 radical (unpaired) electrons. The van der Waals surface area contributed by atoms with E-state index in [4.69, 9.17) is 10.5 Å². The average molecular weight is 302 g/mol. The van der Waals surface area contributed by atoms with Gasteiger partial charge in [0.1, 0.15) is 5.75 Å². The van der Waals surface area contributed by atoms with Gasteiger partial charge in [-0.1, -0.05) is 12.5 Å². The standard InChI is InChI=1S/C18H26N2O2/c19-12-13-5-3-10-17(13)18(21)20-14-6-4-9-16(11-14)22-15-7-1-2-8-15/h4,6,9,11,13,15,17H,1-3,5,7-8,10,12,19H2,(H,20,21)/t13-,17-/m1/s1. The second-order valence-electron chi connectivity index (χ2n) is 6.57. The first-order chi connectivity index (χ1) is 10.8. The molecule has 2 aliphatic carbocycles. The molecule has 4 heteroatoms. The minimum absolute atomic E-state index is 0.0596. The van der Waals surface area contributed by atoms with E-state index in [1.165, 1.54) is 12.8 Å². The molecule has 4 nitrogen and oxygen atoms in total. The third-order valence-corrected chi connectivity index (χ3v) is 5.01. The van der Waals surface area contributed by atoms with Crippen molar-refractivity contribution in [2.24, 2.45) is 17.6 Å². The summed E-state index contributed by atoms with van der Waals surface area (Å²) in [5, 5.41) is 3.04. The van der Waals surface area contributed by atoms with Gasteiger partial charge >= 0.3 is 0 Å². The summed E-state index contributed by atoms with van der Waals surface area (Å²) in [7, 11) is 0. The zero-order valence-corrected chi connectivity index (χ0v) is 13.1. The van der Waals surface area contributed by atoms with Crippen LogP contribution in [0.3, 0.4) is 0 Å². The summed E-state index contributed by atoms with van der Waals surface area (Å²) in [6, 6.07) is 7.76. The van der Waals surface area contributed by atoms with E-state index in [0.717, 1.165) is 43.5 Å². The molecule has 0 aliphatic heterocycles. The third kappa shape index (κ3) is 3.61. The van der Waals surface area contributed by atoms with Crippen LogP contribution in [-0.2, 0) is 4.79 Å². The molecule has 2 saturated carbocycles. The highest BCUT2D eigenvalue weighted by Crippen LogP contribution is 2.32. The summed E-state index contributed by atoms with van der Waals surface area (Å²) in [4.78, 5) is 12.4. The van der Waals surface area contributed by atoms with Crippen molar-refractivity contribution in [2.75, 3.05) is 11.9 Å². The van der Waals surface area contributed by atoms with Gasteiger partial charge in [-0.05, 0) is 63.1 Å². The predicted molar refractivity (Wildman–Crippen MR) is 87.8 cm³/mol. The van der Waals surface area contributed by atoms with Gasteiger partial charge in [0, 0.05) is 17.7 Å². The molecule has 1 aromatic rings. The molecule has 120 valence electrons. The smallest absolute Gasteiger partial charge is 0.227 e. The number of hydrogen-bond acceptors (Lipinski definition) is 3. The Hall–Kier alpha value is -1.55. The second-order valence-corrected chi connectivity index (χ2v) is 6.57. The van der Waals surface area contributed by atoms with Crippen molar-refractivity contribution in [2.45, 2.75) is 51.0 Å². The summed E-state index contributed by atoms with van der Waals surface area (Å²) in [5.41, 5.74) is 6.59. The fourth-order valence-electron chi connectivity index (χ4n) is 3.74. The Kier molecular flexibility index (Phi) is 4.98. The number of benzene rings is 1. The molecule has 1 amide bonds. The highest BCUT2D eigenvalue weighted by atomic mass is 16.5.